The Labute approximate surface area is 150 Å². The lowest BCUT2D eigenvalue weighted by Crippen LogP contribution is -2.27. The lowest BCUT2D eigenvalue weighted by molar-refractivity contribution is 0.597. The largest absolute Gasteiger partial charge is 0.280 e. The van der Waals surface area contributed by atoms with E-state index in [9.17, 15) is 21.2 Å². The van der Waals surface area contributed by atoms with Crippen LogP contribution >= 0.6 is 11.6 Å². The second-order valence-corrected chi connectivity index (χ2v) is 9.61. The number of hydrogen-bond donors (Lipinski definition) is 1. The van der Waals surface area contributed by atoms with Crippen molar-refractivity contribution >= 4 is 43.0 Å². The maximum absolute atomic E-state index is 13.5. The smallest absolute Gasteiger partial charge is 0.261 e. The molecule has 2 aromatic carbocycles. The molecule has 1 aliphatic rings. The number of fused-ring (bicyclic) bond motifs is 1. The fourth-order valence-corrected chi connectivity index (χ4v) is 4.81. The predicted octanol–water partition coefficient (Wildman–Crippen LogP) is 2.60. The summed E-state index contributed by atoms with van der Waals surface area (Å²) in [6.07, 6.45) is 1.52. The normalized spacial score (nSPS) is 14.4. The van der Waals surface area contributed by atoms with Gasteiger partial charge in [0.1, 0.15) is 5.82 Å². The number of halogens is 2. The Bertz CT molecular complexity index is 1060. The van der Waals surface area contributed by atoms with Gasteiger partial charge in [-0.05, 0) is 48.4 Å². The van der Waals surface area contributed by atoms with Crippen LogP contribution in [-0.2, 0) is 26.5 Å². The maximum Gasteiger partial charge on any atom is 0.261 e. The molecule has 6 nitrogen and oxygen atoms in total. The first-order chi connectivity index (χ1) is 11.6. The molecule has 1 aliphatic heterocycles. The second-order valence-electron chi connectivity index (χ2n) is 5.61. The Kier molecular flexibility index (Phi) is 4.42. The molecule has 0 saturated heterocycles. The molecule has 0 unspecified atom stereocenters. The molecule has 0 fully saturated rings. The molecule has 10 heteroatoms. The van der Waals surface area contributed by atoms with Gasteiger partial charge in [0.2, 0.25) is 10.0 Å². The minimum atomic E-state index is -3.95. The Balaban J connectivity index is 1.93. The highest BCUT2D eigenvalue weighted by atomic mass is 35.5. The van der Waals surface area contributed by atoms with E-state index < -0.39 is 25.9 Å². The summed E-state index contributed by atoms with van der Waals surface area (Å²) in [5.41, 5.74) is 1.13. The van der Waals surface area contributed by atoms with E-state index in [1.54, 1.807) is 0 Å². The van der Waals surface area contributed by atoms with Crippen LogP contribution in [0, 0.1) is 5.82 Å². The minimum absolute atomic E-state index is 0.0306. The van der Waals surface area contributed by atoms with Gasteiger partial charge in [-0.2, -0.15) is 0 Å². The summed E-state index contributed by atoms with van der Waals surface area (Å²) >= 11 is 5.58. The van der Waals surface area contributed by atoms with Gasteiger partial charge in [-0.25, -0.2) is 21.2 Å². The van der Waals surface area contributed by atoms with Crippen LogP contribution in [0.1, 0.15) is 5.56 Å². The van der Waals surface area contributed by atoms with Gasteiger partial charge in [0.05, 0.1) is 27.5 Å². The van der Waals surface area contributed by atoms with Crippen LogP contribution in [0.15, 0.2) is 41.3 Å². The summed E-state index contributed by atoms with van der Waals surface area (Å²) < 4.78 is 65.4. The van der Waals surface area contributed by atoms with E-state index in [2.05, 4.69) is 4.72 Å². The number of nitrogens with zero attached hydrogens (tertiary/aromatic N) is 1. The first-order valence-electron chi connectivity index (χ1n) is 7.16. The quantitative estimate of drug-likeness (QED) is 0.848. The number of anilines is 2. The molecule has 0 saturated carbocycles. The van der Waals surface area contributed by atoms with Gasteiger partial charge in [-0.3, -0.25) is 9.03 Å². The molecule has 0 atom stereocenters. The topological polar surface area (TPSA) is 83.6 Å². The van der Waals surface area contributed by atoms with Crippen molar-refractivity contribution in [2.24, 2.45) is 0 Å². The molecule has 0 spiro atoms. The first kappa shape index (κ1) is 18.0. The van der Waals surface area contributed by atoms with E-state index >= 15 is 0 Å². The number of hydrogen-bond acceptors (Lipinski definition) is 4. The van der Waals surface area contributed by atoms with Crippen LogP contribution in [-0.4, -0.2) is 29.6 Å². The highest BCUT2D eigenvalue weighted by molar-refractivity contribution is 7.92. The molecule has 0 amide bonds. The first-order valence-corrected chi connectivity index (χ1v) is 10.9. The third-order valence-corrected chi connectivity index (χ3v) is 6.65. The van der Waals surface area contributed by atoms with Crippen molar-refractivity contribution < 1.29 is 21.2 Å². The Morgan fingerprint density at radius 2 is 1.84 bits per heavy atom. The molecule has 134 valence electrons. The van der Waals surface area contributed by atoms with Crippen molar-refractivity contribution in [3.63, 3.8) is 0 Å². The third-order valence-electron chi connectivity index (χ3n) is 3.79. The van der Waals surface area contributed by atoms with Gasteiger partial charge in [0.25, 0.3) is 10.0 Å². The fraction of sp³-hybridized carbons (Fsp3) is 0.200. The van der Waals surface area contributed by atoms with E-state index in [1.807, 2.05) is 0 Å². The monoisotopic (exact) mass is 404 g/mol. The van der Waals surface area contributed by atoms with Crippen molar-refractivity contribution in [2.45, 2.75) is 11.3 Å². The minimum Gasteiger partial charge on any atom is -0.280 e. The summed E-state index contributed by atoms with van der Waals surface area (Å²) in [6, 6.07) is 7.79. The molecule has 25 heavy (non-hydrogen) atoms. The van der Waals surface area contributed by atoms with Gasteiger partial charge >= 0.3 is 0 Å². The van der Waals surface area contributed by atoms with Crippen molar-refractivity contribution in [1.82, 2.24) is 0 Å². The Morgan fingerprint density at radius 3 is 2.48 bits per heavy atom. The number of sulfonamides is 2. The average molecular weight is 405 g/mol. The summed E-state index contributed by atoms with van der Waals surface area (Å²) in [7, 11) is -7.35. The van der Waals surface area contributed by atoms with Crippen LogP contribution in [0.2, 0.25) is 5.02 Å². The molecule has 0 aromatic heterocycles. The molecule has 1 heterocycles. The molecular weight excluding hydrogens is 391 g/mol. The molecule has 3 rings (SSSR count). The molecule has 0 radical (unpaired) electrons. The van der Waals surface area contributed by atoms with Gasteiger partial charge in [-0.1, -0.05) is 11.6 Å². The number of rotatable bonds is 4. The van der Waals surface area contributed by atoms with Crippen molar-refractivity contribution in [3.05, 3.63) is 52.8 Å². The van der Waals surface area contributed by atoms with Crippen molar-refractivity contribution in [2.75, 3.05) is 21.8 Å². The number of benzene rings is 2. The van der Waals surface area contributed by atoms with E-state index in [1.165, 1.54) is 34.6 Å². The Morgan fingerprint density at radius 1 is 1.12 bits per heavy atom. The van der Waals surface area contributed by atoms with Crippen LogP contribution in [0.25, 0.3) is 0 Å². The third kappa shape index (κ3) is 3.58. The number of nitrogens with one attached hydrogen (secondary N) is 1. The standard InChI is InChI=1S/C15H14ClFN2O4S2/c1-24(20,21)19-7-6-10-8-12(3-5-15(10)19)25(22,23)18-11-2-4-13(16)14(17)9-11/h2-5,8-9,18H,6-7H2,1H3. The van der Waals surface area contributed by atoms with Crippen molar-refractivity contribution in [1.29, 1.82) is 0 Å². The van der Waals surface area contributed by atoms with Crippen LogP contribution < -0.4 is 9.03 Å². The predicted molar refractivity (Wildman–Crippen MR) is 94.6 cm³/mol. The van der Waals surface area contributed by atoms with E-state index in [4.69, 9.17) is 11.6 Å². The van der Waals surface area contributed by atoms with Crippen molar-refractivity contribution in [3.8, 4) is 0 Å². The lowest BCUT2D eigenvalue weighted by Gasteiger charge is -2.16. The summed E-state index contributed by atoms with van der Waals surface area (Å²) in [5.74, 6) is -0.736. The Hall–Kier alpha value is -1.84. The van der Waals surface area contributed by atoms with Crippen LogP contribution in [0.4, 0.5) is 15.8 Å². The zero-order valence-corrected chi connectivity index (χ0v) is 15.4. The van der Waals surface area contributed by atoms with Gasteiger partial charge < -0.3 is 0 Å². The van der Waals surface area contributed by atoms with E-state index in [0.29, 0.717) is 17.7 Å². The SMILES string of the molecule is CS(=O)(=O)N1CCc2cc(S(=O)(=O)Nc3ccc(Cl)c(F)c3)ccc21. The molecule has 0 aliphatic carbocycles. The lowest BCUT2D eigenvalue weighted by atomic mass is 10.2. The van der Waals surface area contributed by atoms with Crippen LogP contribution in [0.5, 0.6) is 0 Å². The molecule has 0 bridgehead atoms. The zero-order chi connectivity index (χ0) is 18.4. The summed E-state index contributed by atoms with van der Waals surface area (Å²) in [5, 5.41) is -0.110. The van der Waals surface area contributed by atoms with Gasteiger partial charge in [0.15, 0.2) is 0 Å². The average Bonchev–Trinajstić information content (AvgIpc) is 2.94. The summed E-state index contributed by atoms with van der Waals surface area (Å²) in [6.45, 7) is 0.271. The van der Waals surface area contributed by atoms with Gasteiger partial charge in [-0.15, -0.1) is 0 Å². The van der Waals surface area contributed by atoms with Crippen LogP contribution in [0.3, 0.4) is 0 Å². The maximum atomic E-state index is 13.5. The fourth-order valence-electron chi connectivity index (χ4n) is 2.63. The molecular formula is C15H14ClFN2O4S2. The molecule has 1 N–H and O–H groups in total. The highest BCUT2D eigenvalue weighted by Gasteiger charge is 2.27. The van der Waals surface area contributed by atoms with E-state index in [0.717, 1.165) is 12.3 Å². The summed E-state index contributed by atoms with van der Waals surface area (Å²) in [4.78, 5) is -0.0306. The van der Waals surface area contributed by atoms with E-state index in [-0.39, 0.29) is 22.2 Å². The zero-order valence-electron chi connectivity index (χ0n) is 13.0. The van der Waals surface area contributed by atoms with Gasteiger partial charge in [0, 0.05) is 6.54 Å². The molecule has 2 aromatic rings. The highest BCUT2D eigenvalue weighted by Crippen LogP contribution is 2.32. The second kappa shape index (κ2) is 6.15.